The average Bonchev–Trinajstić information content (AvgIpc) is 3.29. The van der Waals surface area contributed by atoms with Crippen molar-refractivity contribution in [3.8, 4) is 0 Å². The Labute approximate surface area is 220 Å². The van der Waals surface area contributed by atoms with Crippen LogP contribution in [0.2, 0.25) is 22.2 Å². The smallest absolute Gasteiger partial charge is 0.335 e. The Hall–Kier alpha value is -1.46. The van der Waals surface area contributed by atoms with Crippen molar-refractivity contribution in [1.29, 1.82) is 0 Å². The van der Waals surface area contributed by atoms with Gasteiger partial charge in [0.05, 0.1) is 25.8 Å². The van der Waals surface area contributed by atoms with Crippen LogP contribution in [0.4, 0.5) is 0 Å². The molecule has 0 radical (unpaired) electrons. The Morgan fingerprint density at radius 3 is 2.30 bits per heavy atom. The molecule has 5 heterocycles. The quantitative estimate of drug-likeness (QED) is 0.557. The van der Waals surface area contributed by atoms with Crippen molar-refractivity contribution in [2.75, 3.05) is 20.2 Å². The van der Waals surface area contributed by atoms with Gasteiger partial charge in [0.25, 0.3) is 5.56 Å². The molecule has 5 rings (SSSR count). The number of ether oxygens (including phenoxy) is 1. The second-order valence-electron chi connectivity index (χ2n) is 12.0. The van der Waals surface area contributed by atoms with E-state index >= 15 is 0 Å². The van der Waals surface area contributed by atoms with E-state index in [0.29, 0.717) is 18.8 Å². The predicted octanol–water partition coefficient (Wildman–Crippen LogP) is 3.59. The van der Waals surface area contributed by atoms with Crippen molar-refractivity contribution in [3.63, 3.8) is 0 Å². The largest absolute Gasteiger partial charge is 0.414 e. The Bertz CT molecular complexity index is 1190. The lowest BCUT2D eigenvalue weighted by atomic mass is 9.94. The van der Waals surface area contributed by atoms with E-state index in [2.05, 4.69) is 70.3 Å². The van der Waals surface area contributed by atoms with Gasteiger partial charge in [-0.2, -0.15) is 5.06 Å². The number of aromatic nitrogens is 4. The number of hydroxylamine groups is 2. The first-order valence-electron chi connectivity index (χ1n) is 13.3. The van der Waals surface area contributed by atoms with Crippen LogP contribution in [0.1, 0.15) is 61.6 Å². The highest BCUT2D eigenvalue weighted by molar-refractivity contribution is 6.84. The number of fused-ring (bicyclic) bond motifs is 1. The molecule has 1 N–H and O–H groups in total. The topological polar surface area (TPSA) is 113 Å². The zero-order chi connectivity index (χ0) is 26.9. The maximum atomic E-state index is 12.4. The van der Waals surface area contributed by atoms with Gasteiger partial charge in [-0.3, -0.25) is 14.2 Å². The maximum absolute atomic E-state index is 12.4. The molecule has 4 atom stereocenters. The summed E-state index contributed by atoms with van der Waals surface area (Å²) in [7, 11) is -3.71. The summed E-state index contributed by atoms with van der Waals surface area (Å²) < 4.78 is 30.4. The lowest BCUT2D eigenvalue weighted by Gasteiger charge is -2.55. The highest BCUT2D eigenvalue weighted by Gasteiger charge is 2.68. The molecular formula is C24H41N5O6Si2. The molecule has 0 aliphatic carbocycles. The summed E-state index contributed by atoms with van der Waals surface area (Å²) in [5.74, 6) is 0. The van der Waals surface area contributed by atoms with E-state index in [0.717, 1.165) is 0 Å². The SMILES string of the molecule is CC(C)[Si]1(C(C)C)OC[C@@]23CN(C)O[C@@H]([C@H](n4cnc5c(=O)[nH]cnc54)O2)[C@@H]3O[Si](C(C)C)(C(C)C)O1. The second-order valence-corrected chi connectivity index (χ2v) is 20.8. The second kappa shape index (κ2) is 9.33. The van der Waals surface area contributed by atoms with Crippen LogP contribution in [0.3, 0.4) is 0 Å². The van der Waals surface area contributed by atoms with E-state index in [9.17, 15) is 4.79 Å². The Morgan fingerprint density at radius 2 is 1.68 bits per heavy atom. The number of aromatic amines is 1. The van der Waals surface area contributed by atoms with Crippen LogP contribution in [-0.4, -0.2) is 79.7 Å². The minimum absolute atomic E-state index is 0.183. The first-order chi connectivity index (χ1) is 17.4. The third-order valence-electron chi connectivity index (χ3n) is 8.28. The molecule has 0 spiro atoms. The number of nitrogens with one attached hydrogen (secondary N) is 1. The van der Waals surface area contributed by atoms with Crippen LogP contribution in [-0.2, 0) is 22.5 Å². The molecule has 0 aromatic carbocycles. The van der Waals surface area contributed by atoms with Gasteiger partial charge in [0.1, 0.15) is 11.7 Å². The third kappa shape index (κ3) is 4.01. The number of rotatable bonds is 5. The normalized spacial score (nSPS) is 31.9. The van der Waals surface area contributed by atoms with Crippen LogP contribution in [0.15, 0.2) is 17.4 Å². The fraction of sp³-hybridized carbons (Fsp3) is 0.792. The number of hydrogen-bond donors (Lipinski definition) is 1. The van der Waals surface area contributed by atoms with Gasteiger partial charge in [-0.05, 0) is 22.2 Å². The first-order valence-corrected chi connectivity index (χ1v) is 17.3. The zero-order valence-electron chi connectivity index (χ0n) is 23.3. The lowest BCUT2D eigenvalue weighted by molar-refractivity contribution is -0.257. The Morgan fingerprint density at radius 1 is 1.03 bits per heavy atom. The van der Waals surface area contributed by atoms with Crippen LogP contribution in [0.5, 0.6) is 0 Å². The van der Waals surface area contributed by atoms with E-state index in [-0.39, 0.29) is 33.2 Å². The third-order valence-corrected chi connectivity index (χ3v) is 18.5. The van der Waals surface area contributed by atoms with Gasteiger partial charge in [0.2, 0.25) is 0 Å². The van der Waals surface area contributed by atoms with Crippen molar-refractivity contribution in [2.45, 2.75) is 102 Å². The van der Waals surface area contributed by atoms with Gasteiger partial charge in [0.15, 0.2) is 23.5 Å². The molecule has 11 nitrogen and oxygen atoms in total. The number of nitrogens with zero attached hydrogens (tertiary/aromatic N) is 4. The summed E-state index contributed by atoms with van der Waals surface area (Å²) in [4.78, 5) is 30.1. The molecule has 2 bridgehead atoms. The van der Waals surface area contributed by atoms with Gasteiger partial charge < -0.3 is 22.7 Å². The van der Waals surface area contributed by atoms with Crippen molar-refractivity contribution < 1.29 is 22.5 Å². The summed E-state index contributed by atoms with van der Waals surface area (Å²) in [5, 5.41) is 1.82. The van der Waals surface area contributed by atoms with Crippen molar-refractivity contribution in [3.05, 3.63) is 23.0 Å². The number of hydrogen-bond acceptors (Lipinski definition) is 9. The summed E-state index contributed by atoms with van der Waals surface area (Å²) in [6.45, 7) is 18.5. The molecule has 2 aromatic heterocycles. The first kappa shape index (κ1) is 27.1. The maximum Gasteiger partial charge on any atom is 0.335 e. The molecule has 13 heteroatoms. The fourth-order valence-electron chi connectivity index (χ4n) is 6.43. The minimum atomic E-state index is -2.87. The Kier molecular flexibility index (Phi) is 6.84. The highest BCUT2D eigenvalue weighted by atomic mass is 28.5. The zero-order valence-corrected chi connectivity index (χ0v) is 25.3. The molecule has 3 fully saturated rings. The van der Waals surface area contributed by atoms with E-state index < -0.39 is 41.2 Å². The minimum Gasteiger partial charge on any atom is -0.414 e. The van der Waals surface area contributed by atoms with Crippen molar-refractivity contribution in [1.82, 2.24) is 24.6 Å². The molecule has 37 heavy (non-hydrogen) atoms. The summed E-state index contributed by atoms with van der Waals surface area (Å²) in [6, 6.07) is 0. The standard InChI is InChI=1S/C24H41N5O6Si2/c1-14(2)36(15(3)4)31-11-24-10-28(9)33-19(20(24)34-37(35-36,16(5)6)17(7)8)23(32-24)29-13-27-18-21(29)25-12-26-22(18)30/h12-17,19-20,23H,10-11H2,1-9H3,(H,25,26,30)/t19-,20+,23-,24-/m1/s1. The van der Waals surface area contributed by atoms with E-state index in [4.69, 9.17) is 22.5 Å². The van der Waals surface area contributed by atoms with Gasteiger partial charge in [0, 0.05) is 7.05 Å². The number of likely N-dealkylation sites (N-methyl/N-ethyl adjacent to an activating group) is 1. The number of H-pyrrole nitrogens is 1. The van der Waals surface area contributed by atoms with Gasteiger partial charge in [-0.25, -0.2) is 9.97 Å². The molecule has 206 valence electrons. The highest BCUT2D eigenvalue weighted by Crippen LogP contribution is 2.53. The summed E-state index contributed by atoms with van der Waals surface area (Å²) in [6.07, 6.45) is 1.46. The van der Waals surface area contributed by atoms with E-state index in [1.54, 1.807) is 10.9 Å². The predicted molar refractivity (Wildman–Crippen MR) is 142 cm³/mol. The van der Waals surface area contributed by atoms with Gasteiger partial charge in [-0.1, -0.05) is 55.4 Å². The Balaban J connectivity index is 1.67. The fourth-order valence-corrected chi connectivity index (χ4v) is 17.7. The van der Waals surface area contributed by atoms with E-state index in [1.807, 2.05) is 12.1 Å². The number of imidazole rings is 1. The lowest BCUT2D eigenvalue weighted by Crippen LogP contribution is -2.71. The monoisotopic (exact) mass is 551 g/mol. The molecule has 3 saturated heterocycles. The van der Waals surface area contributed by atoms with Crippen LogP contribution >= 0.6 is 0 Å². The molecule has 0 unspecified atom stereocenters. The van der Waals surface area contributed by atoms with Crippen molar-refractivity contribution in [2.24, 2.45) is 0 Å². The van der Waals surface area contributed by atoms with Gasteiger partial charge in [-0.15, -0.1) is 0 Å². The molecule has 2 aromatic rings. The van der Waals surface area contributed by atoms with Crippen LogP contribution in [0, 0.1) is 0 Å². The van der Waals surface area contributed by atoms with Crippen LogP contribution < -0.4 is 5.56 Å². The molecule has 3 aliphatic heterocycles. The molecular weight excluding hydrogens is 510 g/mol. The molecule has 0 amide bonds. The summed E-state index contributed by atoms with van der Waals surface area (Å²) in [5.41, 5.74) is 0.447. The van der Waals surface area contributed by atoms with E-state index in [1.165, 1.54) is 6.33 Å². The van der Waals surface area contributed by atoms with Crippen molar-refractivity contribution >= 4 is 28.3 Å². The molecule has 3 aliphatic rings. The summed E-state index contributed by atoms with van der Waals surface area (Å²) >= 11 is 0. The molecule has 0 saturated carbocycles. The average molecular weight is 552 g/mol. The van der Waals surface area contributed by atoms with Crippen LogP contribution in [0.25, 0.3) is 11.2 Å². The van der Waals surface area contributed by atoms with Gasteiger partial charge >= 0.3 is 17.1 Å².